The lowest BCUT2D eigenvalue weighted by atomic mass is 9.99. The van der Waals surface area contributed by atoms with E-state index < -0.39 is 47.4 Å². The van der Waals surface area contributed by atoms with Gasteiger partial charge in [-0.2, -0.15) is 0 Å². The molecule has 2 atom stereocenters. The highest BCUT2D eigenvalue weighted by Gasteiger charge is 2.45. The number of piperidine rings is 1. The third kappa shape index (κ3) is 7.70. The molecular formula is C38H39FN8O6. The van der Waals surface area contributed by atoms with Gasteiger partial charge >= 0.3 is 0 Å². The van der Waals surface area contributed by atoms with E-state index in [1.54, 1.807) is 50.5 Å². The largest absolute Gasteiger partial charge is 0.382 e. The summed E-state index contributed by atoms with van der Waals surface area (Å²) in [7, 11) is 0. The second kappa shape index (κ2) is 14.7. The SMILES string of the molecule is CC(C)(OCCCc1cccc2c1C(=O)N(C1CCC(=O)NC1=O)C2=O)C(F)CNC(=O)c1cnc(Nc2ccc3cnccc3n2)cc1NC1CC1. The molecule has 4 aromatic rings. The first kappa shape index (κ1) is 35.6. The number of anilines is 3. The number of halogens is 1. The van der Waals surface area contributed by atoms with Crippen LogP contribution < -0.4 is 21.3 Å². The summed E-state index contributed by atoms with van der Waals surface area (Å²) in [6, 6.07) is 11.4. The Labute approximate surface area is 304 Å². The number of ether oxygens (including phenoxy) is 1. The zero-order valence-corrected chi connectivity index (χ0v) is 29.3. The number of benzene rings is 1. The van der Waals surface area contributed by atoms with Gasteiger partial charge in [0.2, 0.25) is 11.8 Å². The highest BCUT2D eigenvalue weighted by atomic mass is 19.1. The number of hydrogen-bond acceptors (Lipinski definition) is 11. The number of hydrogen-bond donors (Lipinski definition) is 4. The first-order valence-electron chi connectivity index (χ1n) is 17.6. The van der Waals surface area contributed by atoms with E-state index in [1.807, 2.05) is 18.2 Å². The molecule has 53 heavy (non-hydrogen) atoms. The Kier molecular flexibility index (Phi) is 9.84. The Morgan fingerprint density at radius 1 is 1.06 bits per heavy atom. The Bertz CT molecular complexity index is 2120. The van der Waals surface area contributed by atoms with Crippen molar-refractivity contribution in [1.29, 1.82) is 0 Å². The summed E-state index contributed by atoms with van der Waals surface area (Å²) >= 11 is 0. The topological polar surface area (TPSA) is 185 Å². The maximum absolute atomic E-state index is 15.6. The summed E-state index contributed by atoms with van der Waals surface area (Å²) < 4.78 is 21.5. The van der Waals surface area contributed by atoms with Gasteiger partial charge in [0.1, 0.15) is 23.8 Å². The highest BCUT2D eigenvalue weighted by molar-refractivity contribution is 6.24. The smallest absolute Gasteiger partial charge is 0.262 e. The predicted octanol–water partition coefficient (Wildman–Crippen LogP) is 4.24. The molecule has 3 aromatic heterocycles. The predicted molar refractivity (Wildman–Crippen MR) is 192 cm³/mol. The van der Waals surface area contributed by atoms with Crippen molar-refractivity contribution in [2.45, 2.75) is 76.2 Å². The number of imide groups is 2. The van der Waals surface area contributed by atoms with Crippen LogP contribution in [0.1, 0.15) is 82.6 Å². The number of carbonyl (C=O) groups excluding carboxylic acids is 5. The lowest BCUT2D eigenvalue weighted by Crippen LogP contribution is -2.54. The Hall–Kier alpha value is -5.83. The van der Waals surface area contributed by atoms with Crippen LogP contribution in [0.3, 0.4) is 0 Å². The molecule has 5 heterocycles. The number of carbonyl (C=O) groups is 5. The average molecular weight is 723 g/mol. The summed E-state index contributed by atoms with van der Waals surface area (Å²) in [5.41, 5.74) is 1.41. The van der Waals surface area contributed by atoms with E-state index in [0.717, 1.165) is 28.6 Å². The van der Waals surface area contributed by atoms with Gasteiger partial charge in [-0.25, -0.2) is 14.4 Å². The fourth-order valence-corrected chi connectivity index (χ4v) is 6.44. The molecule has 1 saturated carbocycles. The molecule has 0 spiro atoms. The molecule has 1 saturated heterocycles. The van der Waals surface area contributed by atoms with Gasteiger partial charge in [0.05, 0.1) is 40.0 Å². The first-order valence-corrected chi connectivity index (χ1v) is 17.6. The van der Waals surface area contributed by atoms with Crippen LogP contribution in [0.2, 0.25) is 0 Å². The molecule has 15 heteroatoms. The monoisotopic (exact) mass is 722 g/mol. The zero-order valence-electron chi connectivity index (χ0n) is 29.3. The van der Waals surface area contributed by atoms with E-state index in [-0.39, 0.29) is 48.7 Å². The van der Waals surface area contributed by atoms with Gasteiger partial charge in [0.15, 0.2) is 0 Å². The van der Waals surface area contributed by atoms with E-state index in [2.05, 4.69) is 36.2 Å². The number of rotatable bonds is 14. The minimum atomic E-state index is -1.56. The van der Waals surface area contributed by atoms with Gasteiger partial charge in [0.25, 0.3) is 17.7 Å². The number of fused-ring (bicyclic) bond motifs is 2. The molecule has 5 amide bonds. The molecule has 4 N–H and O–H groups in total. The van der Waals surface area contributed by atoms with E-state index in [4.69, 9.17) is 4.74 Å². The summed E-state index contributed by atoms with van der Waals surface area (Å²) in [6.07, 6.45) is 6.13. The molecule has 0 bridgehead atoms. The number of pyridine rings is 3. The molecule has 7 rings (SSSR count). The number of aromatic nitrogens is 3. The van der Waals surface area contributed by atoms with Crippen molar-refractivity contribution in [3.63, 3.8) is 0 Å². The summed E-state index contributed by atoms with van der Waals surface area (Å²) in [5, 5.41) is 12.3. The number of nitrogens with one attached hydrogen (secondary N) is 4. The second-order valence-electron chi connectivity index (χ2n) is 13.9. The van der Waals surface area contributed by atoms with Crippen LogP contribution in [0, 0.1) is 0 Å². The van der Waals surface area contributed by atoms with E-state index in [1.165, 1.54) is 6.20 Å². The molecule has 0 radical (unpaired) electrons. The number of alkyl halides is 1. The second-order valence-corrected chi connectivity index (χ2v) is 13.9. The van der Waals surface area contributed by atoms with Crippen molar-refractivity contribution in [1.82, 2.24) is 30.5 Å². The third-order valence-electron chi connectivity index (χ3n) is 9.65. The number of amides is 5. The quantitative estimate of drug-likeness (QED) is 0.108. The van der Waals surface area contributed by atoms with Crippen molar-refractivity contribution in [2.75, 3.05) is 23.8 Å². The lowest BCUT2D eigenvalue weighted by Gasteiger charge is -2.29. The molecule has 2 unspecified atom stereocenters. The molecule has 1 aromatic carbocycles. The standard InChI is InChI=1S/C38H39FN8O6/c1-38(2,53-16-4-6-21-5-3-7-24-33(21)37(52)47(36(24)51)28-11-13-32(48)46-35(28)50)29(39)20-42-34(49)25-19-41-31(17-27(25)43-23-9-10-23)45-30-12-8-22-18-40-15-14-26(22)44-30/h3,5,7-8,12,14-15,17-19,23,28-29H,4,6,9-11,13,16,20H2,1-2H3,(H,42,49)(H,46,48,50)(H2,41,43,44,45). The van der Waals surface area contributed by atoms with Crippen molar-refractivity contribution < 1.29 is 33.1 Å². The van der Waals surface area contributed by atoms with Crippen LogP contribution in [-0.2, 0) is 20.7 Å². The van der Waals surface area contributed by atoms with Gasteiger partial charge in [-0.15, -0.1) is 0 Å². The molecule has 274 valence electrons. The molecule has 1 aliphatic carbocycles. The van der Waals surface area contributed by atoms with Crippen LogP contribution >= 0.6 is 0 Å². The van der Waals surface area contributed by atoms with Gasteiger partial charge in [-0.1, -0.05) is 12.1 Å². The minimum absolute atomic E-state index is 0.0355. The van der Waals surface area contributed by atoms with E-state index in [9.17, 15) is 24.0 Å². The fourth-order valence-electron chi connectivity index (χ4n) is 6.44. The maximum atomic E-state index is 15.6. The maximum Gasteiger partial charge on any atom is 0.262 e. The summed E-state index contributed by atoms with van der Waals surface area (Å²) in [5.74, 6) is -1.66. The molecular weight excluding hydrogens is 683 g/mol. The molecule has 3 aliphatic rings. The van der Waals surface area contributed by atoms with Crippen LogP contribution in [0.4, 0.5) is 21.7 Å². The Morgan fingerprint density at radius 3 is 2.68 bits per heavy atom. The van der Waals surface area contributed by atoms with Crippen molar-refractivity contribution in [3.05, 3.63) is 83.3 Å². The van der Waals surface area contributed by atoms with Crippen molar-refractivity contribution in [3.8, 4) is 0 Å². The lowest BCUT2D eigenvalue weighted by molar-refractivity contribution is -0.136. The summed E-state index contributed by atoms with van der Waals surface area (Å²) in [4.78, 5) is 77.9. The Balaban J connectivity index is 0.927. The minimum Gasteiger partial charge on any atom is -0.382 e. The van der Waals surface area contributed by atoms with E-state index in [0.29, 0.717) is 35.7 Å². The van der Waals surface area contributed by atoms with Crippen LogP contribution in [0.15, 0.2) is 61.1 Å². The zero-order chi connectivity index (χ0) is 37.3. The third-order valence-corrected chi connectivity index (χ3v) is 9.65. The van der Waals surface area contributed by atoms with Crippen molar-refractivity contribution >= 4 is 57.8 Å². The normalized spacial score (nSPS) is 17.8. The van der Waals surface area contributed by atoms with Crippen LogP contribution in [0.25, 0.3) is 10.9 Å². The molecule has 2 aliphatic heterocycles. The van der Waals surface area contributed by atoms with Gasteiger partial charge in [-0.3, -0.25) is 39.2 Å². The number of aryl methyl sites for hydroxylation is 1. The summed E-state index contributed by atoms with van der Waals surface area (Å²) in [6.45, 7) is 3.04. The molecule has 14 nitrogen and oxygen atoms in total. The van der Waals surface area contributed by atoms with Gasteiger partial charge < -0.3 is 20.7 Å². The van der Waals surface area contributed by atoms with Gasteiger partial charge in [-0.05, 0) is 75.8 Å². The van der Waals surface area contributed by atoms with Gasteiger partial charge in [0, 0.05) is 49.1 Å². The first-order chi connectivity index (χ1) is 25.5. The molecule has 2 fully saturated rings. The average Bonchev–Trinajstić information content (AvgIpc) is 3.92. The van der Waals surface area contributed by atoms with Crippen LogP contribution in [-0.4, -0.2) is 86.4 Å². The van der Waals surface area contributed by atoms with Crippen LogP contribution in [0.5, 0.6) is 0 Å². The number of nitrogens with zero attached hydrogens (tertiary/aromatic N) is 4. The van der Waals surface area contributed by atoms with Crippen molar-refractivity contribution in [2.24, 2.45) is 0 Å². The van der Waals surface area contributed by atoms with E-state index >= 15 is 4.39 Å². The Morgan fingerprint density at radius 2 is 1.89 bits per heavy atom. The highest BCUT2D eigenvalue weighted by Crippen LogP contribution is 2.32. The fraction of sp³-hybridized carbons (Fsp3) is 0.368.